The van der Waals surface area contributed by atoms with E-state index in [9.17, 15) is 4.79 Å². The van der Waals surface area contributed by atoms with E-state index >= 15 is 0 Å². The first-order valence-electron chi connectivity index (χ1n) is 5.41. The Morgan fingerprint density at radius 1 is 1.56 bits per heavy atom. The maximum Gasteiger partial charge on any atom is 0.344 e. The van der Waals surface area contributed by atoms with Crippen molar-refractivity contribution in [2.24, 2.45) is 0 Å². The van der Waals surface area contributed by atoms with Crippen molar-refractivity contribution in [3.05, 3.63) is 27.2 Å². The summed E-state index contributed by atoms with van der Waals surface area (Å²) >= 11 is 4.61. The van der Waals surface area contributed by atoms with E-state index in [0.29, 0.717) is 15.9 Å². The van der Waals surface area contributed by atoms with Gasteiger partial charge in [0, 0.05) is 16.7 Å². The van der Waals surface area contributed by atoms with Gasteiger partial charge in [0.25, 0.3) is 0 Å². The summed E-state index contributed by atoms with van der Waals surface area (Å²) in [5, 5.41) is 7.75. The molecule has 0 aromatic carbocycles. The van der Waals surface area contributed by atoms with E-state index in [1.807, 2.05) is 0 Å². The number of nitrogens with two attached hydrogens (primary N) is 1. The zero-order chi connectivity index (χ0) is 12.7. The maximum atomic E-state index is 11.6. The Hall–Kier alpha value is -1.28. The van der Waals surface area contributed by atoms with E-state index in [0.717, 1.165) is 17.3 Å². The smallest absolute Gasteiger partial charge is 0.344 e. The monoisotopic (exact) mass is 327 g/mol. The second-order valence-corrected chi connectivity index (χ2v) is 5.93. The largest absolute Gasteiger partial charge is 0.396 e. The Labute approximate surface area is 115 Å². The Bertz CT molecular complexity index is 648. The third-order valence-electron chi connectivity index (χ3n) is 2.62. The topological polar surface area (TPSA) is 89.6 Å². The van der Waals surface area contributed by atoms with Gasteiger partial charge in [0.1, 0.15) is 5.03 Å². The van der Waals surface area contributed by atoms with Crippen LogP contribution in [-0.2, 0) is 0 Å². The molecule has 6 nitrogen and oxygen atoms in total. The van der Waals surface area contributed by atoms with E-state index in [2.05, 4.69) is 31.1 Å². The second kappa shape index (κ2) is 4.43. The zero-order valence-corrected chi connectivity index (χ0v) is 11.7. The molecule has 2 aromatic rings. The van der Waals surface area contributed by atoms with Crippen LogP contribution >= 0.6 is 27.7 Å². The molecule has 0 radical (unpaired) electrons. The van der Waals surface area contributed by atoms with E-state index in [1.165, 1.54) is 11.8 Å². The number of anilines is 1. The second-order valence-electron chi connectivity index (χ2n) is 4.06. The molecule has 3 rings (SSSR count). The maximum absolute atomic E-state index is 11.6. The SMILES string of the molecule is Nc1cc(Br)cnc1Sc1n[nH]c(=O)n1C1CC1. The molecule has 94 valence electrons. The molecule has 2 aromatic heterocycles. The van der Waals surface area contributed by atoms with Gasteiger partial charge in [-0.25, -0.2) is 14.9 Å². The number of aromatic amines is 1. The standard InChI is InChI=1S/C10H10BrN5OS/c11-5-3-7(12)8(13-4-5)18-10-15-14-9(17)16(10)6-1-2-6/h3-4,6H,1-2,12H2,(H,14,17). The van der Waals surface area contributed by atoms with Crippen LogP contribution in [0.15, 0.2) is 31.7 Å². The predicted molar refractivity (Wildman–Crippen MR) is 71.6 cm³/mol. The van der Waals surface area contributed by atoms with Gasteiger partial charge in [-0.05, 0) is 46.6 Å². The lowest BCUT2D eigenvalue weighted by Gasteiger charge is -2.05. The first-order chi connectivity index (χ1) is 8.65. The molecule has 0 atom stereocenters. The minimum absolute atomic E-state index is 0.171. The number of aromatic nitrogens is 4. The molecular formula is C10H10BrN5OS. The molecule has 1 aliphatic rings. The summed E-state index contributed by atoms with van der Waals surface area (Å²) in [4.78, 5) is 15.8. The lowest BCUT2D eigenvalue weighted by atomic mass is 10.4. The molecule has 18 heavy (non-hydrogen) atoms. The number of nitrogen functional groups attached to an aromatic ring is 1. The normalized spacial score (nSPS) is 14.9. The number of hydrogen-bond acceptors (Lipinski definition) is 5. The Balaban J connectivity index is 1.94. The average Bonchev–Trinajstić information content (AvgIpc) is 3.08. The van der Waals surface area contributed by atoms with Gasteiger partial charge in [0.15, 0.2) is 5.16 Å². The van der Waals surface area contributed by atoms with Crippen molar-refractivity contribution in [3.8, 4) is 0 Å². The summed E-state index contributed by atoms with van der Waals surface area (Å²) < 4.78 is 2.50. The molecule has 0 spiro atoms. The van der Waals surface area contributed by atoms with Crippen LogP contribution < -0.4 is 11.4 Å². The van der Waals surface area contributed by atoms with Gasteiger partial charge in [-0.15, -0.1) is 5.10 Å². The molecule has 8 heteroatoms. The molecule has 0 bridgehead atoms. The van der Waals surface area contributed by atoms with Crippen LogP contribution in [0.1, 0.15) is 18.9 Å². The van der Waals surface area contributed by atoms with Gasteiger partial charge in [-0.1, -0.05) is 0 Å². The number of rotatable bonds is 3. The Morgan fingerprint density at radius 2 is 2.33 bits per heavy atom. The molecular weight excluding hydrogens is 318 g/mol. The molecule has 0 unspecified atom stereocenters. The number of nitrogens with zero attached hydrogens (tertiary/aromatic N) is 3. The van der Waals surface area contributed by atoms with Gasteiger partial charge in [-0.2, -0.15) is 0 Å². The number of H-pyrrole nitrogens is 1. The summed E-state index contributed by atoms with van der Waals surface area (Å²) in [5.41, 5.74) is 6.27. The van der Waals surface area contributed by atoms with E-state index < -0.39 is 0 Å². The predicted octanol–water partition coefficient (Wildman–Crippen LogP) is 1.80. The first-order valence-corrected chi connectivity index (χ1v) is 7.02. The third kappa shape index (κ3) is 2.17. The van der Waals surface area contributed by atoms with Crippen LogP contribution in [0.25, 0.3) is 0 Å². The van der Waals surface area contributed by atoms with Gasteiger partial charge in [0.2, 0.25) is 0 Å². The van der Waals surface area contributed by atoms with Crippen molar-refractivity contribution in [2.45, 2.75) is 29.1 Å². The van der Waals surface area contributed by atoms with E-state index in [1.54, 1.807) is 16.8 Å². The number of pyridine rings is 1. The van der Waals surface area contributed by atoms with Crippen LogP contribution in [0.4, 0.5) is 5.69 Å². The molecule has 1 saturated carbocycles. The number of halogens is 1. The fourth-order valence-corrected chi connectivity index (χ4v) is 2.86. The van der Waals surface area contributed by atoms with Crippen molar-refractivity contribution >= 4 is 33.4 Å². The van der Waals surface area contributed by atoms with Crippen LogP contribution in [0, 0.1) is 0 Å². The molecule has 0 saturated heterocycles. The fraction of sp³-hybridized carbons (Fsp3) is 0.300. The Kier molecular flexibility index (Phi) is 2.90. The van der Waals surface area contributed by atoms with E-state index in [-0.39, 0.29) is 11.7 Å². The highest BCUT2D eigenvalue weighted by Gasteiger charge is 2.29. The highest BCUT2D eigenvalue weighted by Crippen LogP contribution is 2.38. The molecule has 0 aliphatic heterocycles. The van der Waals surface area contributed by atoms with Gasteiger partial charge in [0.05, 0.1) is 5.69 Å². The lowest BCUT2D eigenvalue weighted by molar-refractivity contribution is 0.642. The first kappa shape index (κ1) is 11.8. The lowest BCUT2D eigenvalue weighted by Crippen LogP contribution is -2.16. The molecule has 1 aliphatic carbocycles. The van der Waals surface area contributed by atoms with Crippen LogP contribution in [0.3, 0.4) is 0 Å². The average molecular weight is 328 g/mol. The summed E-state index contributed by atoms with van der Waals surface area (Å²) in [6.45, 7) is 0. The van der Waals surface area contributed by atoms with Crippen LogP contribution in [-0.4, -0.2) is 19.7 Å². The number of nitrogens with one attached hydrogen (secondary N) is 1. The minimum atomic E-state index is -0.171. The van der Waals surface area contributed by atoms with Gasteiger partial charge >= 0.3 is 5.69 Å². The summed E-state index contributed by atoms with van der Waals surface area (Å²) in [6.07, 6.45) is 3.72. The molecule has 1 fully saturated rings. The minimum Gasteiger partial charge on any atom is -0.396 e. The van der Waals surface area contributed by atoms with Gasteiger partial charge < -0.3 is 5.73 Å². The Morgan fingerprint density at radius 3 is 3.00 bits per heavy atom. The van der Waals surface area contributed by atoms with Crippen molar-refractivity contribution in [1.29, 1.82) is 0 Å². The van der Waals surface area contributed by atoms with Crippen molar-refractivity contribution in [1.82, 2.24) is 19.7 Å². The summed E-state index contributed by atoms with van der Waals surface area (Å²) in [5.74, 6) is 0. The summed E-state index contributed by atoms with van der Waals surface area (Å²) in [6, 6.07) is 2.05. The van der Waals surface area contributed by atoms with E-state index in [4.69, 9.17) is 5.73 Å². The third-order valence-corrected chi connectivity index (χ3v) is 4.06. The highest BCUT2D eigenvalue weighted by molar-refractivity contribution is 9.10. The fourth-order valence-electron chi connectivity index (χ4n) is 1.63. The van der Waals surface area contributed by atoms with Crippen LogP contribution in [0.2, 0.25) is 0 Å². The molecule has 3 N–H and O–H groups in total. The van der Waals surface area contributed by atoms with Crippen molar-refractivity contribution in [3.63, 3.8) is 0 Å². The number of hydrogen-bond donors (Lipinski definition) is 2. The zero-order valence-electron chi connectivity index (χ0n) is 9.26. The molecule has 0 amide bonds. The van der Waals surface area contributed by atoms with Crippen molar-refractivity contribution < 1.29 is 0 Å². The molecule has 2 heterocycles. The summed E-state index contributed by atoms with van der Waals surface area (Å²) in [7, 11) is 0. The highest BCUT2D eigenvalue weighted by atomic mass is 79.9. The van der Waals surface area contributed by atoms with Crippen LogP contribution in [0.5, 0.6) is 0 Å². The van der Waals surface area contributed by atoms with Crippen molar-refractivity contribution in [2.75, 3.05) is 5.73 Å². The van der Waals surface area contributed by atoms with Gasteiger partial charge in [-0.3, -0.25) is 4.57 Å². The quantitative estimate of drug-likeness (QED) is 0.897.